The second-order valence-electron chi connectivity index (χ2n) is 6.06. The average Bonchev–Trinajstić information content (AvgIpc) is 2.56. The van der Waals surface area contributed by atoms with Crippen molar-refractivity contribution in [1.29, 1.82) is 0 Å². The number of anilines is 1. The first-order valence-electron chi connectivity index (χ1n) is 7.95. The minimum Gasteiger partial charge on any atom is -0.378 e. The van der Waals surface area contributed by atoms with Crippen LogP contribution in [0.3, 0.4) is 0 Å². The molecular weight excluding hydrogens is 310 g/mol. The number of benzene rings is 1. The number of nitrogens with zero attached hydrogens (tertiary/aromatic N) is 2. The molecule has 0 radical (unpaired) electrons. The van der Waals surface area contributed by atoms with Gasteiger partial charge in [0.1, 0.15) is 0 Å². The first kappa shape index (κ1) is 17.7. The van der Waals surface area contributed by atoms with E-state index >= 15 is 0 Å². The van der Waals surface area contributed by atoms with Crippen LogP contribution in [0.5, 0.6) is 0 Å². The van der Waals surface area contributed by atoms with E-state index in [2.05, 4.69) is 31.3 Å². The maximum absolute atomic E-state index is 12.2. The summed E-state index contributed by atoms with van der Waals surface area (Å²) in [6.07, 6.45) is 0. The molecule has 1 aliphatic rings. The maximum Gasteiger partial charge on any atom is 0.242 e. The zero-order chi connectivity index (χ0) is 16.8. The van der Waals surface area contributed by atoms with E-state index in [0.29, 0.717) is 37.3 Å². The Morgan fingerprint density at radius 1 is 1.30 bits per heavy atom. The van der Waals surface area contributed by atoms with E-state index in [-0.39, 0.29) is 12.5 Å². The lowest BCUT2D eigenvalue weighted by molar-refractivity contribution is -0.135. The maximum atomic E-state index is 12.2. The SMILES string of the molecule is CC(C)c1ccc(NC(=S)N(C)CC(=O)N2CCOCC2)cc1. The number of ether oxygens (including phenoxy) is 1. The van der Waals surface area contributed by atoms with Gasteiger partial charge in [0.2, 0.25) is 5.91 Å². The number of amides is 1. The second kappa shape index (κ2) is 8.26. The molecule has 2 rings (SSSR count). The molecule has 126 valence electrons. The molecule has 0 unspecified atom stereocenters. The van der Waals surface area contributed by atoms with E-state index in [1.54, 1.807) is 4.90 Å². The number of hydrogen-bond donors (Lipinski definition) is 1. The topological polar surface area (TPSA) is 44.8 Å². The summed E-state index contributed by atoms with van der Waals surface area (Å²) in [5.74, 6) is 0.583. The Kier molecular flexibility index (Phi) is 6.36. The average molecular weight is 335 g/mol. The second-order valence-corrected chi connectivity index (χ2v) is 6.44. The van der Waals surface area contributed by atoms with Crippen molar-refractivity contribution in [3.05, 3.63) is 29.8 Å². The minimum absolute atomic E-state index is 0.0788. The Hall–Kier alpha value is -1.66. The summed E-state index contributed by atoms with van der Waals surface area (Å²) < 4.78 is 5.26. The van der Waals surface area contributed by atoms with Gasteiger partial charge in [-0.05, 0) is 35.8 Å². The molecule has 1 heterocycles. The third kappa shape index (κ3) is 5.18. The molecule has 0 spiro atoms. The third-order valence-corrected chi connectivity index (χ3v) is 4.33. The molecule has 1 aromatic carbocycles. The highest BCUT2D eigenvalue weighted by molar-refractivity contribution is 7.80. The first-order valence-corrected chi connectivity index (χ1v) is 8.36. The van der Waals surface area contributed by atoms with E-state index in [1.807, 2.05) is 24.1 Å². The smallest absolute Gasteiger partial charge is 0.242 e. The predicted molar refractivity (Wildman–Crippen MR) is 96.8 cm³/mol. The summed E-state index contributed by atoms with van der Waals surface area (Å²) in [6.45, 7) is 7.14. The van der Waals surface area contributed by atoms with Crippen LogP contribution in [0.1, 0.15) is 25.3 Å². The van der Waals surface area contributed by atoms with Crippen molar-refractivity contribution in [3.8, 4) is 0 Å². The van der Waals surface area contributed by atoms with E-state index in [9.17, 15) is 4.79 Å². The first-order chi connectivity index (χ1) is 11.0. The minimum atomic E-state index is 0.0788. The molecular formula is C17H25N3O2S. The van der Waals surface area contributed by atoms with Crippen LogP contribution < -0.4 is 5.32 Å². The Morgan fingerprint density at radius 2 is 1.91 bits per heavy atom. The monoisotopic (exact) mass is 335 g/mol. The molecule has 0 bridgehead atoms. The van der Waals surface area contributed by atoms with Crippen molar-refractivity contribution in [2.24, 2.45) is 0 Å². The predicted octanol–water partition coefficient (Wildman–Crippen LogP) is 2.30. The van der Waals surface area contributed by atoms with Crippen LogP contribution in [0.2, 0.25) is 0 Å². The lowest BCUT2D eigenvalue weighted by Crippen LogP contribution is -2.46. The van der Waals surface area contributed by atoms with Crippen molar-refractivity contribution < 1.29 is 9.53 Å². The summed E-state index contributed by atoms with van der Waals surface area (Å²) in [5, 5.41) is 3.72. The Labute approximate surface area is 143 Å². The summed E-state index contributed by atoms with van der Waals surface area (Å²) in [5.41, 5.74) is 2.22. The van der Waals surface area contributed by atoms with Gasteiger partial charge in [0.25, 0.3) is 0 Å². The van der Waals surface area contributed by atoms with Gasteiger partial charge in [-0.15, -0.1) is 0 Å². The lowest BCUT2D eigenvalue weighted by Gasteiger charge is -2.29. The number of carbonyl (C=O) groups excluding carboxylic acids is 1. The van der Waals surface area contributed by atoms with Gasteiger partial charge >= 0.3 is 0 Å². The van der Waals surface area contributed by atoms with Crippen molar-refractivity contribution in [1.82, 2.24) is 9.80 Å². The Morgan fingerprint density at radius 3 is 2.48 bits per heavy atom. The number of carbonyl (C=O) groups is 1. The van der Waals surface area contributed by atoms with Crippen LogP contribution in [0.4, 0.5) is 5.69 Å². The van der Waals surface area contributed by atoms with Crippen LogP contribution >= 0.6 is 12.2 Å². The Bertz CT molecular complexity index is 539. The van der Waals surface area contributed by atoms with Crippen molar-refractivity contribution in [2.45, 2.75) is 19.8 Å². The molecule has 6 heteroatoms. The van der Waals surface area contributed by atoms with Gasteiger partial charge < -0.3 is 19.9 Å². The molecule has 23 heavy (non-hydrogen) atoms. The molecule has 0 aliphatic carbocycles. The van der Waals surface area contributed by atoms with Crippen LogP contribution in [0, 0.1) is 0 Å². The van der Waals surface area contributed by atoms with Crippen molar-refractivity contribution in [3.63, 3.8) is 0 Å². The fourth-order valence-electron chi connectivity index (χ4n) is 2.36. The van der Waals surface area contributed by atoms with Crippen LogP contribution in [0.15, 0.2) is 24.3 Å². The number of rotatable bonds is 4. The molecule has 1 fully saturated rings. The number of likely N-dealkylation sites (N-methyl/N-ethyl adjacent to an activating group) is 1. The highest BCUT2D eigenvalue weighted by Crippen LogP contribution is 2.17. The van der Waals surface area contributed by atoms with Crippen molar-refractivity contribution in [2.75, 3.05) is 45.2 Å². The highest BCUT2D eigenvalue weighted by atomic mass is 32.1. The van der Waals surface area contributed by atoms with Gasteiger partial charge in [-0.2, -0.15) is 0 Å². The molecule has 1 aromatic rings. The Balaban J connectivity index is 1.85. The molecule has 1 amide bonds. The van der Waals surface area contributed by atoms with E-state index in [1.165, 1.54) is 5.56 Å². The normalized spacial score (nSPS) is 14.7. The third-order valence-electron chi connectivity index (χ3n) is 3.91. The zero-order valence-corrected chi connectivity index (χ0v) is 14.9. The van der Waals surface area contributed by atoms with E-state index in [4.69, 9.17) is 17.0 Å². The van der Waals surface area contributed by atoms with Gasteiger partial charge in [-0.25, -0.2) is 0 Å². The van der Waals surface area contributed by atoms with Gasteiger partial charge in [0, 0.05) is 25.8 Å². The quantitative estimate of drug-likeness (QED) is 0.856. The number of nitrogens with one attached hydrogen (secondary N) is 1. The highest BCUT2D eigenvalue weighted by Gasteiger charge is 2.19. The number of thiocarbonyl (C=S) groups is 1. The molecule has 1 saturated heterocycles. The number of hydrogen-bond acceptors (Lipinski definition) is 3. The zero-order valence-electron chi connectivity index (χ0n) is 14.0. The fraction of sp³-hybridized carbons (Fsp3) is 0.529. The lowest BCUT2D eigenvalue weighted by atomic mass is 10.0. The van der Waals surface area contributed by atoms with Gasteiger partial charge in [0.05, 0.1) is 19.8 Å². The van der Waals surface area contributed by atoms with E-state index in [0.717, 1.165) is 5.69 Å². The van der Waals surface area contributed by atoms with Gasteiger partial charge in [-0.1, -0.05) is 26.0 Å². The standard InChI is InChI=1S/C17H25N3O2S/c1-13(2)14-4-6-15(7-5-14)18-17(23)19(3)12-16(21)20-8-10-22-11-9-20/h4-7,13H,8-12H2,1-3H3,(H,18,23). The summed E-state index contributed by atoms with van der Waals surface area (Å²) >= 11 is 5.38. The fourth-order valence-corrected chi connectivity index (χ4v) is 2.54. The van der Waals surface area contributed by atoms with Crippen LogP contribution in [-0.2, 0) is 9.53 Å². The van der Waals surface area contributed by atoms with E-state index < -0.39 is 0 Å². The summed E-state index contributed by atoms with van der Waals surface area (Å²) in [4.78, 5) is 15.8. The molecule has 0 aromatic heterocycles. The van der Waals surface area contributed by atoms with Crippen LogP contribution in [0.25, 0.3) is 0 Å². The number of morpholine rings is 1. The van der Waals surface area contributed by atoms with Crippen molar-refractivity contribution >= 4 is 28.9 Å². The summed E-state index contributed by atoms with van der Waals surface area (Å²) in [6, 6.07) is 8.21. The van der Waals surface area contributed by atoms with Crippen LogP contribution in [-0.4, -0.2) is 60.7 Å². The molecule has 0 atom stereocenters. The summed E-state index contributed by atoms with van der Waals surface area (Å²) in [7, 11) is 1.83. The van der Waals surface area contributed by atoms with Gasteiger partial charge in [-0.3, -0.25) is 4.79 Å². The molecule has 1 N–H and O–H groups in total. The molecule has 5 nitrogen and oxygen atoms in total. The largest absolute Gasteiger partial charge is 0.378 e. The molecule has 0 saturated carbocycles. The van der Waals surface area contributed by atoms with Gasteiger partial charge in [0.15, 0.2) is 5.11 Å². The molecule has 1 aliphatic heterocycles.